The van der Waals surface area contributed by atoms with Crippen LogP contribution >= 0.6 is 11.9 Å². The molecule has 0 spiro atoms. The van der Waals surface area contributed by atoms with Gasteiger partial charge in [-0.15, -0.1) is 0 Å². The first kappa shape index (κ1) is 9.23. The summed E-state index contributed by atoms with van der Waals surface area (Å²) in [6, 6.07) is 0. The van der Waals surface area contributed by atoms with Crippen LogP contribution in [0.15, 0.2) is 0 Å². The van der Waals surface area contributed by atoms with E-state index in [1.165, 1.54) is 0 Å². The van der Waals surface area contributed by atoms with Crippen LogP contribution in [0, 0.1) is 0 Å². The molecule has 0 saturated heterocycles. The number of carbonyl (C=O) groups excluding carboxylic acids is 1. The van der Waals surface area contributed by atoms with Crippen molar-refractivity contribution in [2.45, 2.75) is 13.8 Å². The van der Waals surface area contributed by atoms with E-state index in [2.05, 4.69) is 16.2 Å². The molecule has 0 aliphatic heterocycles. The minimum Gasteiger partial charge on any atom is -0.350 e. The molecule has 0 amide bonds. The van der Waals surface area contributed by atoms with Gasteiger partial charge in [-0.1, -0.05) is 13.8 Å². The zero-order valence-corrected chi connectivity index (χ0v) is 4.53. The molecule has 0 saturated carbocycles. The zero-order chi connectivity index (χ0) is 5.41. The lowest BCUT2D eigenvalue weighted by Crippen LogP contribution is -1.57. The smallest absolute Gasteiger partial charge is 0.312 e. The molecule has 0 aliphatic carbocycles. The van der Waals surface area contributed by atoms with E-state index in [0.717, 1.165) is 0 Å². The van der Waals surface area contributed by atoms with Gasteiger partial charge >= 0.3 is 6.47 Å². The Morgan fingerprint density at radius 2 is 1.83 bits per heavy atom. The van der Waals surface area contributed by atoms with Gasteiger partial charge in [-0.05, 0) is 0 Å². The molecule has 0 aromatic rings. The van der Waals surface area contributed by atoms with E-state index >= 15 is 0 Å². The van der Waals surface area contributed by atoms with Gasteiger partial charge in [-0.3, -0.25) is 4.79 Å². The van der Waals surface area contributed by atoms with Gasteiger partial charge in [0.2, 0.25) is 0 Å². The highest BCUT2D eigenvalue weighted by Gasteiger charge is 1.50. The molecule has 0 aromatic heterocycles. The zero-order valence-electron chi connectivity index (χ0n) is 3.77. The molecular weight excluding hydrogens is 103 g/mol. The van der Waals surface area contributed by atoms with E-state index in [-0.39, 0.29) is 6.47 Å². The summed E-state index contributed by atoms with van der Waals surface area (Å²) in [7, 11) is 0. The van der Waals surface area contributed by atoms with Crippen molar-refractivity contribution in [3.8, 4) is 0 Å². The molecule has 0 aliphatic rings. The average Bonchev–Trinajstić information content (AvgIpc) is 1.72. The third kappa shape index (κ3) is 49.6. The van der Waals surface area contributed by atoms with E-state index < -0.39 is 0 Å². The molecule has 38 valence electrons. The summed E-state index contributed by atoms with van der Waals surface area (Å²) < 4.78 is 3.33. The summed E-state index contributed by atoms with van der Waals surface area (Å²) in [5.41, 5.74) is 0. The van der Waals surface area contributed by atoms with E-state index in [9.17, 15) is 0 Å². The molecule has 0 fully saturated rings. The Labute approximate surface area is 42.2 Å². The molecule has 0 rings (SSSR count). The van der Waals surface area contributed by atoms with E-state index in [4.69, 9.17) is 4.79 Å². The molecule has 0 N–H and O–H groups in total. The number of carbonyl (C=O) groups is 1. The predicted molar refractivity (Wildman–Crippen MR) is 24.3 cm³/mol. The standard InChI is InChI=1S/C2H6.CHClO2/c1-2;2-4-1-3/h1-2H3;1H. The Hall–Kier alpha value is -0.240. The van der Waals surface area contributed by atoms with Crippen LogP contribution in [0.4, 0.5) is 0 Å². The van der Waals surface area contributed by atoms with Gasteiger partial charge in [0.25, 0.3) is 0 Å². The highest BCUT2D eigenvalue weighted by Crippen LogP contribution is 1.62. The normalized spacial score (nSPS) is 4.50. The lowest BCUT2D eigenvalue weighted by atomic mass is 11.0. The van der Waals surface area contributed by atoms with Gasteiger partial charge in [0.05, 0.1) is 0 Å². The lowest BCUT2D eigenvalue weighted by Gasteiger charge is -1.59. The molecule has 0 bridgehead atoms. The van der Waals surface area contributed by atoms with Crippen LogP contribution in [0.25, 0.3) is 0 Å². The van der Waals surface area contributed by atoms with Crippen LogP contribution in [0.1, 0.15) is 13.8 Å². The summed E-state index contributed by atoms with van der Waals surface area (Å²) in [6.45, 7) is 4.14. The third-order valence-corrected chi connectivity index (χ3v) is 0.109. The molecule has 0 unspecified atom stereocenters. The van der Waals surface area contributed by atoms with Crippen molar-refractivity contribution in [1.82, 2.24) is 0 Å². The van der Waals surface area contributed by atoms with Crippen molar-refractivity contribution < 1.29 is 9.08 Å². The first-order valence-electron chi connectivity index (χ1n) is 1.63. The number of hydrogen-bond donors (Lipinski definition) is 0. The minimum absolute atomic E-state index is 0.140. The Bertz CT molecular complexity index is 22.8. The quantitative estimate of drug-likeness (QED) is 0.476. The van der Waals surface area contributed by atoms with E-state index in [1.807, 2.05) is 13.8 Å². The van der Waals surface area contributed by atoms with Crippen LogP contribution in [0.3, 0.4) is 0 Å². The average molecular weight is 111 g/mol. The number of halogens is 1. The predicted octanol–water partition coefficient (Wildman–Crippen LogP) is 1.34. The maximum absolute atomic E-state index is 8.82. The molecule has 6 heavy (non-hydrogen) atoms. The first-order valence-corrected chi connectivity index (χ1v) is 1.93. The van der Waals surface area contributed by atoms with Gasteiger partial charge in [-0.2, -0.15) is 0 Å². The van der Waals surface area contributed by atoms with Crippen molar-refractivity contribution >= 4 is 18.3 Å². The number of hydrogen-bond acceptors (Lipinski definition) is 2. The van der Waals surface area contributed by atoms with E-state index in [1.54, 1.807) is 0 Å². The Kier molecular flexibility index (Phi) is 33.4. The van der Waals surface area contributed by atoms with Crippen LogP contribution in [-0.2, 0) is 9.08 Å². The van der Waals surface area contributed by atoms with Gasteiger partial charge < -0.3 is 4.29 Å². The van der Waals surface area contributed by atoms with Crippen LogP contribution < -0.4 is 0 Å². The second-order valence-corrected chi connectivity index (χ2v) is 0.363. The fourth-order valence-electron chi connectivity index (χ4n) is 0. The summed E-state index contributed by atoms with van der Waals surface area (Å²) in [4.78, 5) is 8.82. The molecule has 0 radical (unpaired) electrons. The second kappa shape index (κ2) is 21.7. The Balaban J connectivity index is 0. The van der Waals surface area contributed by atoms with Crippen molar-refractivity contribution in [2.24, 2.45) is 0 Å². The molecule has 3 heteroatoms. The Morgan fingerprint density at radius 1 is 1.67 bits per heavy atom. The first-order chi connectivity index (χ1) is 2.91. The highest BCUT2D eigenvalue weighted by molar-refractivity contribution is 6.10. The fraction of sp³-hybridized carbons (Fsp3) is 0.667. The SMILES string of the molecule is CC.O=COCl. The maximum Gasteiger partial charge on any atom is 0.312 e. The van der Waals surface area contributed by atoms with Crippen LogP contribution in [0.2, 0.25) is 0 Å². The molecule has 0 aromatic carbocycles. The summed E-state index contributed by atoms with van der Waals surface area (Å²) >= 11 is 4.32. The lowest BCUT2D eigenvalue weighted by molar-refractivity contribution is -0.120. The summed E-state index contributed by atoms with van der Waals surface area (Å²) in [5, 5.41) is 0. The van der Waals surface area contributed by atoms with E-state index in [0.29, 0.717) is 0 Å². The van der Waals surface area contributed by atoms with Crippen molar-refractivity contribution in [3.05, 3.63) is 0 Å². The van der Waals surface area contributed by atoms with Gasteiger partial charge in [-0.25, -0.2) is 0 Å². The van der Waals surface area contributed by atoms with Gasteiger partial charge in [0, 0.05) is 0 Å². The van der Waals surface area contributed by atoms with Crippen molar-refractivity contribution in [1.29, 1.82) is 0 Å². The van der Waals surface area contributed by atoms with Gasteiger partial charge in [0.15, 0.2) is 0 Å². The van der Waals surface area contributed by atoms with Gasteiger partial charge in [0.1, 0.15) is 11.9 Å². The Morgan fingerprint density at radius 3 is 1.83 bits per heavy atom. The largest absolute Gasteiger partial charge is 0.350 e. The highest BCUT2D eigenvalue weighted by atomic mass is 35.5. The minimum atomic E-state index is 0.140. The molecular formula is C3H7ClO2. The summed E-state index contributed by atoms with van der Waals surface area (Å²) in [6.07, 6.45) is 0. The summed E-state index contributed by atoms with van der Waals surface area (Å²) in [5.74, 6) is 0. The molecule has 2 nitrogen and oxygen atoms in total. The third-order valence-electron chi connectivity index (χ3n) is 0.0364. The monoisotopic (exact) mass is 110 g/mol. The molecule has 0 atom stereocenters. The molecule has 0 heterocycles. The number of rotatable bonds is 1. The van der Waals surface area contributed by atoms with Crippen molar-refractivity contribution in [3.63, 3.8) is 0 Å². The van der Waals surface area contributed by atoms with Crippen LogP contribution in [0.5, 0.6) is 0 Å². The topological polar surface area (TPSA) is 26.3 Å². The second-order valence-electron chi connectivity index (χ2n) is 0.185. The van der Waals surface area contributed by atoms with Crippen molar-refractivity contribution in [2.75, 3.05) is 0 Å². The van der Waals surface area contributed by atoms with Crippen LogP contribution in [-0.4, -0.2) is 6.47 Å². The fourth-order valence-corrected chi connectivity index (χ4v) is 0. The maximum atomic E-state index is 8.82.